The highest BCUT2D eigenvalue weighted by molar-refractivity contribution is 5.34. The molecular weight excluding hydrogens is 188 g/mol. The Morgan fingerprint density at radius 2 is 2.20 bits per heavy atom. The zero-order chi connectivity index (χ0) is 11.3. The molecule has 0 fully saturated rings. The molecule has 15 heavy (non-hydrogen) atoms. The summed E-state index contributed by atoms with van der Waals surface area (Å²) < 4.78 is 0. The van der Waals surface area contributed by atoms with Crippen molar-refractivity contribution in [1.82, 2.24) is 9.97 Å². The van der Waals surface area contributed by atoms with Gasteiger partial charge in [-0.2, -0.15) is 0 Å². The second-order valence-corrected chi connectivity index (χ2v) is 3.97. The monoisotopic (exact) mass is 208 g/mol. The molecule has 84 valence electrons. The quantitative estimate of drug-likeness (QED) is 0.795. The summed E-state index contributed by atoms with van der Waals surface area (Å²) in [5.41, 5.74) is 6.36. The van der Waals surface area contributed by atoms with Crippen molar-refractivity contribution in [2.45, 2.75) is 26.8 Å². The molecule has 0 aliphatic heterocycles. The van der Waals surface area contributed by atoms with E-state index in [-0.39, 0.29) is 0 Å². The standard InChI is InChI=1S/C11H20N4/c1-4-9(2)8-15(3)11-7-13-6-10(5-12)14-11/h6-7,9H,4-5,8,12H2,1-3H3. The van der Waals surface area contributed by atoms with Gasteiger partial charge in [-0.3, -0.25) is 4.98 Å². The minimum absolute atomic E-state index is 0.442. The van der Waals surface area contributed by atoms with Crippen molar-refractivity contribution in [2.75, 3.05) is 18.5 Å². The maximum Gasteiger partial charge on any atom is 0.147 e. The van der Waals surface area contributed by atoms with Gasteiger partial charge in [0, 0.05) is 26.3 Å². The van der Waals surface area contributed by atoms with Gasteiger partial charge >= 0.3 is 0 Å². The van der Waals surface area contributed by atoms with Crippen LogP contribution in [-0.4, -0.2) is 23.6 Å². The van der Waals surface area contributed by atoms with E-state index in [4.69, 9.17) is 5.73 Å². The lowest BCUT2D eigenvalue weighted by atomic mass is 10.1. The lowest BCUT2D eigenvalue weighted by molar-refractivity contribution is 0.557. The summed E-state index contributed by atoms with van der Waals surface area (Å²) in [5.74, 6) is 1.57. The second kappa shape index (κ2) is 5.66. The number of nitrogens with zero attached hydrogens (tertiary/aromatic N) is 3. The molecule has 4 nitrogen and oxygen atoms in total. The van der Waals surface area contributed by atoms with Crippen molar-refractivity contribution in [2.24, 2.45) is 11.7 Å². The van der Waals surface area contributed by atoms with Crippen molar-refractivity contribution in [3.8, 4) is 0 Å². The van der Waals surface area contributed by atoms with E-state index < -0.39 is 0 Å². The molecule has 1 unspecified atom stereocenters. The van der Waals surface area contributed by atoms with Gasteiger partial charge in [0.1, 0.15) is 5.82 Å². The number of hydrogen-bond donors (Lipinski definition) is 1. The van der Waals surface area contributed by atoms with Gasteiger partial charge in [-0.1, -0.05) is 20.3 Å². The SMILES string of the molecule is CCC(C)CN(C)c1cncc(CN)n1. The fourth-order valence-electron chi connectivity index (χ4n) is 1.37. The summed E-state index contributed by atoms with van der Waals surface area (Å²) >= 11 is 0. The zero-order valence-corrected chi connectivity index (χ0v) is 9.77. The molecule has 0 bridgehead atoms. The summed E-state index contributed by atoms with van der Waals surface area (Å²) in [7, 11) is 2.04. The first kappa shape index (κ1) is 11.9. The van der Waals surface area contributed by atoms with Crippen LogP contribution in [0.4, 0.5) is 5.82 Å². The van der Waals surface area contributed by atoms with Crippen molar-refractivity contribution >= 4 is 5.82 Å². The molecule has 0 amide bonds. The maximum atomic E-state index is 5.53. The van der Waals surface area contributed by atoms with Crippen LogP contribution >= 0.6 is 0 Å². The Balaban J connectivity index is 2.68. The summed E-state index contributed by atoms with van der Waals surface area (Å²) in [6, 6.07) is 0. The van der Waals surface area contributed by atoms with E-state index in [1.165, 1.54) is 6.42 Å². The van der Waals surface area contributed by atoms with Crippen LogP contribution < -0.4 is 10.6 Å². The smallest absolute Gasteiger partial charge is 0.147 e. The van der Waals surface area contributed by atoms with E-state index in [1.54, 1.807) is 12.4 Å². The van der Waals surface area contributed by atoms with Crippen molar-refractivity contribution < 1.29 is 0 Å². The van der Waals surface area contributed by atoms with Crippen molar-refractivity contribution in [3.63, 3.8) is 0 Å². The normalized spacial score (nSPS) is 12.5. The Hall–Kier alpha value is -1.16. The molecule has 0 spiro atoms. The fraction of sp³-hybridized carbons (Fsp3) is 0.636. The third kappa shape index (κ3) is 3.47. The average Bonchev–Trinajstić information content (AvgIpc) is 2.28. The van der Waals surface area contributed by atoms with Gasteiger partial charge in [-0.05, 0) is 5.92 Å². The molecule has 4 heteroatoms. The number of rotatable bonds is 5. The molecular formula is C11H20N4. The average molecular weight is 208 g/mol. The highest BCUT2D eigenvalue weighted by atomic mass is 15.2. The topological polar surface area (TPSA) is 55.0 Å². The highest BCUT2D eigenvalue weighted by Gasteiger charge is 2.07. The van der Waals surface area contributed by atoms with Crippen molar-refractivity contribution in [3.05, 3.63) is 18.1 Å². The first-order chi connectivity index (χ1) is 7.17. The number of nitrogens with two attached hydrogens (primary N) is 1. The molecule has 0 radical (unpaired) electrons. The van der Waals surface area contributed by atoms with Gasteiger partial charge in [-0.15, -0.1) is 0 Å². The molecule has 1 aromatic rings. The van der Waals surface area contributed by atoms with Crippen LogP contribution in [0, 0.1) is 5.92 Å². The summed E-state index contributed by atoms with van der Waals surface area (Å²) in [6.45, 7) is 5.87. The van der Waals surface area contributed by atoms with Crippen LogP contribution in [0.15, 0.2) is 12.4 Å². The van der Waals surface area contributed by atoms with E-state index in [0.717, 1.165) is 18.1 Å². The Bertz CT molecular complexity index is 300. The minimum atomic E-state index is 0.442. The maximum absolute atomic E-state index is 5.53. The molecule has 1 atom stereocenters. The van der Waals surface area contributed by atoms with Gasteiger partial charge in [0.25, 0.3) is 0 Å². The molecule has 0 saturated carbocycles. The number of aromatic nitrogens is 2. The molecule has 1 rings (SSSR count). The van der Waals surface area contributed by atoms with Crippen LogP contribution in [0.25, 0.3) is 0 Å². The lowest BCUT2D eigenvalue weighted by Crippen LogP contribution is -2.25. The Morgan fingerprint density at radius 3 is 2.80 bits per heavy atom. The molecule has 0 aromatic carbocycles. The Morgan fingerprint density at radius 1 is 1.47 bits per heavy atom. The van der Waals surface area contributed by atoms with E-state index >= 15 is 0 Å². The highest BCUT2D eigenvalue weighted by Crippen LogP contribution is 2.11. The third-order valence-electron chi connectivity index (χ3n) is 2.55. The summed E-state index contributed by atoms with van der Waals surface area (Å²) in [6.07, 6.45) is 4.66. The van der Waals surface area contributed by atoms with Crippen LogP contribution in [0.3, 0.4) is 0 Å². The van der Waals surface area contributed by atoms with E-state index in [0.29, 0.717) is 12.5 Å². The predicted molar refractivity (Wildman–Crippen MR) is 62.6 cm³/mol. The van der Waals surface area contributed by atoms with E-state index in [9.17, 15) is 0 Å². The third-order valence-corrected chi connectivity index (χ3v) is 2.55. The molecule has 0 aliphatic carbocycles. The predicted octanol–water partition coefficient (Wildman–Crippen LogP) is 1.42. The summed E-state index contributed by atoms with van der Waals surface area (Å²) in [5, 5.41) is 0. The number of anilines is 1. The lowest BCUT2D eigenvalue weighted by Gasteiger charge is -2.21. The van der Waals surface area contributed by atoms with Gasteiger partial charge in [-0.25, -0.2) is 4.98 Å². The zero-order valence-electron chi connectivity index (χ0n) is 9.77. The largest absolute Gasteiger partial charge is 0.358 e. The van der Waals surface area contributed by atoms with Gasteiger partial charge < -0.3 is 10.6 Å². The first-order valence-electron chi connectivity index (χ1n) is 5.39. The minimum Gasteiger partial charge on any atom is -0.358 e. The Kier molecular flexibility index (Phi) is 4.49. The Labute approximate surface area is 91.5 Å². The van der Waals surface area contributed by atoms with E-state index in [2.05, 4.69) is 28.7 Å². The summed E-state index contributed by atoms with van der Waals surface area (Å²) in [4.78, 5) is 10.7. The van der Waals surface area contributed by atoms with Crippen LogP contribution in [-0.2, 0) is 6.54 Å². The van der Waals surface area contributed by atoms with Crippen LogP contribution in [0.5, 0.6) is 0 Å². The second-order valence-electron chi connectivity index (χ2n) is 3.97. The first-order valence-corrected chi connectivity index (χ1v) is 5.39. The van der Waals surface area contributed by atoms with E-state index in [1.807, 2.05) is 7.05 Å². The van der Waals surface area contributed by atoms with Gasteiger partial charge in [0.15, 0.2) is 0 Å². The van der Waals surface area contributed by atoms with Crippen LogP contribution in [0.1, 0.15) is 26.0 Å². The molecule has 1 heterocycles. The fourth-order valence-corrected chi connectivity index (χ4v) is 1.37. The van der Waals surface area contributed by atoms with Crippen molar-refractivity contribution in [1.29, 1.82) is 0 Å². The molecule has 0 aliphatic rings. The molecule has 0 saturated heterocycles. The van der Waals surface area contributed by atoms with Gasteiger partial charge in [0.05, 0.1) is 11.9 Å². The number of hydrogen-bond acceptors (Lipinski definition) is 4. The van der Waals surface area contributed by atoms with Crippen LogP contribution in [0.2, 0.25) is 0 Å². The molecule has 1 aromatic heterocycles. The van der Waals surface area contributed by atoms with Gasteiger partial charge in [0.2, 0.25) is 0 Å². The molecule has 2 N–H and O–H groups in total.